The number of carbonyl (C=O) groups excluding carboxylic acids is 2. The summed E-state index contributed by atoms with van der Waals surface area (Å²) in [7, 11) is 3.26. The maximum atomic E-state index is 12.8. The van der Waals surface area contributed by atoms with Gasteiger partial charge in [-0.05, 0) is 22.0 Å². The lowest BCUT2D eigenvalue weighted by Crippen LogP contribution is -2.50. The molecule has 2 amide bonds. The van der Waals surface area contributed by atoms with Gasteiger partial charge < -0.3 is 29.2 Å². The number of hydrogen-bond donors (Lipinski definition) is 0. The van der Waals surface area contributed by atoms with E-state index in [1.54, 1.807) is 38.4 Å². The first-order valence-electron chi connectivity index (χ1n) is 8.30. The smallest absolute Gasteiger partial charge is 0.381 e. The van der Waals surface area contributed by atoms with Gasteiger partial charge in [0.25, 0.3) is 5.91 Å². The second kappa shape index (κ2) is 7.44. The van der Waals surface area contributed by atoms with Gasteiger partial charge in [-0.2, -0.15) is 0 Å². The van der Waals surface area contributed by atoms with Crippen molar-refractivity contribution in [2.24, 2.45) is 0 Å². The van der Waals surface area contributed by atoms with Crippen LogP contribution in [-0.2, 0) is 16.1 Å². The number of imidazole rings is 1. The summed E-state index contributed by atoms with van der Waals surface area (Å²) in [6.45, 7) is 0.350. The molecule has 10 nitrogen and oxygen atoms in total. The number of aryl methyl sites for hydroxylation is 1. The fourth-order valence-corrected chi connectivity index (χ4v) is 2.81. The summed E-state index contributed by atoms with van der Waals surface area (Å²) >= 11 is 0. The van der Waals surface area contributed by atoms with E-state index in [1.807, 2.05) is 0 Å². The second-order valence-electron chi connectivity index (χ2n) is 6.29. The van der Waals surface area contributed by atoms with E-state index >= 15 is 0 Å². The van der Waals surface area contributed by atoms with Crippen molar-refractivity contribution in [3.8, 4) is 5.75 Å². The van der Waals surface area contributed by atoms with Crippen LogP contribution in [0, 0.1) is 10.1 Å². The zero-order valence-electron chi connectivity index (χ0n) is 14.9. The molecule has 1 aromatic heterocycles. The SMILES string of the molecule is CN(C)C(=O)[C@@H]1CN(C(=O)CCn2cnc([N+](=O)[O-])c2)c2ccccc2O1. The molecule has 0 fully saturated rings. The number of fused-ring (bicyclic) bond motifs is 1. The minimum absolute atomic E-state index is 0.102. The molecule has 1 aliphatic heterocycles. The lowest BCUT2D eigenvalue weighted by atomic mass is 10.1. The van der Waals surface area contributed by atoms with Gasteiger partial charge in [0.2, 0.25) is 12.2 Å². The van der Waals surface area contributed by atoms with Crippen LogP contribution in [-0.4, -0.2) is 57.9 Å². The third-order valence-electron chi connectivity index (χ3n) is 4.18. The summed E-state index contributed by atoms with van der Waals surface area (Å²) in [5.74, 6) is -0.238. The number of anilines is 1. The highest BCUT2D eigenvalue weighted by Gasteiger charge is 2.34. The number of para-hydroxylation sites is 2. The van der Waals surface area contributed by atoms with Crippen molar-refractivity contribution in [3.63, 3.8) is 0 Å². The van der Waals surface area contributed by atoms with Gasteiger partial charge in [-0.3, -0.25) is 9.59 Å². The summed E-state index contributed by atoms with van der Waals surface area (Å²) in [6.07, 6.45) is 1.91. The fraction of sp³-hybridized carbons (Fsp3) is 0.353. The topological polar surface area (TPSA) is 111 Å². The molecule has 142 valence electrons. The Morgan fingerprint density at radius 2 is 2.11 bits per heavy atom. The maximum absolute atomic E-state index is 12.8. The largest absolute Gasteiger partial charge is 0.476 e. The van der Waals surface area contributed by atoms with Crippen LogP contribution in [0.25, 0.3) is 0 Å². The molecule has 2 aromatic rings. The van der Waals surface area contributed by atoms with Crippen molar-refractivity contribution in [2.75, 3.05) is 25.5 Å². The number of benzene rings is 1. The molecule has 0 saturated carbocycles. The molecule has 0 N–H and O–H groups in total. The first-order valence-corrected chi connectivity index (χ1v) is 8.30. The van der Waals surface area contributed by atoms with Crippen LogP contribution in [0.4, 0.5) is 11.5 Å². The van der Waals surface area contributed by atoms with E-state index in [-0.39, 0.29) is 37.1 Å². The second-order valence-corrected chi connectivity index (χ2v) is 6.29. The number of rotatable bonds is 5. The number of nitro groups is 1. The third kappa shape index (κ3) is 3.89. The Labute approximate surface area is 155 Å². The molecule has 0 aliphatic carbocycles. The van der Waals surface area contributed by atoms with Gasteiger partial charge in [0.05, 0.1) is 12.2 Å². The van der Waals surface area contributed by atoms with Gasteiger partial charge in [0.15, 0.2) is 6.10 Å². The van der Waals surface area contributed by atoms with E-state index < -0.39 is 11.0 Å². The van der Waals surface area contributed by atoms with Crippen molar-refractivity contribution in [1.29, 1.82) is 0 Å². The number of hydrogen-bond acceptors (Lipinski definition) is 6. The van der Waals surface area contributed by atoms with Crippen molar-refractivity contribution in [2.45, 2.75) is 19.1 Å². The average molecular weight is 373 g/mol. The highest BCUT2D eigenvalue weighted by Crippen LogP contribution is 2.33. The van der Waals surface area contributed by atoms with Gasteiger partial charge in [0.1, 0.15) is 11.9 Å². The van der Waals surface area contributed by atoms with Crippen LogP contribution in [0.3, 0.4) is 0 Å². The predicted octanol–water partition coefficient (Wildman–Crippen LogP) is 1.06. The lowest BCUT2D eigenvalue weighted by Gasteiger charge is -2.35. The number of nitrogens with zero attached hydrogens (tertiary/aromatic N) is 5. The van der Waals surface area contributed by atoms with Crippen molar-refractivity contribution in [1.82, 2.24) is 14.5 Å². The summed E-state index contributed by atoms with van der Waals surface area (Å²) in [4.78, 5) is 41.8. The summed E-state index contributed by atoms with van der Waals surface area (Å²) in [5.41, 5.74) is 0.599. The maximum Gasteiger partial charge on any atom is 0.381 e. The highest BCUT2D eigenvalue weighted by atomic mass is 16.6. The van der Waals surface area contributed by atoms with E-state index in [0.29, 0.717) is 11.4 Å². The molecule has 0 radical (unpaired) electrons. The molecule has 1 aliphatic rings. The summed E-state index contributed by atoms with van der Waals surface area (Å²) in [6, 6.07) is 7.03. The third-order valence-corrected chi connectivity index (χ3v) is 4.18. The fourth-order valence-electron chi connectivity index (χ4n) is 2.81. The van der Waals surface area contributed by atoms with Crippen LogP contribution in [0.5, 0.6) is 5.75 Å². The monoisotopic (exact) mass is 373 g/mol. The van der Waals surface area contributed by atoms with Crippen LogP contribution in [0.15, 0.2) is 36.8 Å². The van der Waals surface area contributed by atoms with Crippen molar-refractivity contribution >= 4 is 23.3 Å². The standard InChI is InChI=1S/C17H19N5O5/c1-19(2)17(24)14-9-21(12-5-3-4-6-13(12)27-14)16(23)7-8-20-10-15(18-11-20)22(25)26/h3-6,10-11,14H,7-9H2,1-2H3/t14-/m0/s1. The molecule has 10 heteroatoms. The van der Waals surface area contributed by atoms with Crippen molar-refractivity contribution in [3.05, 3.63) is 46.9 Å². The van der Waals surface area contributed by atoms with E-state index in [9.17, 15) is 19.7 Å². The summed E-state index contributed by atoms with van der Waals surface area (Å²) in [5, 5.41) is 10.7. The Morgan fingerprint density at radius 3 is 2.78 bits per heavy atom. The van der Waals surface area contributed by atoms with Crippen LogP contribution >= 0.6 is 0 Å². The van der Waals surface area contributed by atoms with Gasteiger partial charge in [0, 0.05) is 27.1 Å². The minimum Gasteiger partial charge on any atom is -0.476 e. The Balaban J connectivity index is 1.75. The highest BCUT2D eigenvalue weighted by molar-refractivity contribution is 5.97. The molecule has 2 heterocycles. The minimum atomic E-state index is -0.784. The quantitative estimate of drug-likeness (QED) is 0.572. The van der Waals surface area contributed by atoms with Gasteiger partial charge >= 0.3 is 5.82 Å². The number of likely N-dealkylation sites (N-methyl/N-ethyl adjacent to an activating group) is 1. The molecule has 0 bridgehead atoms. The molecule has 1 aromatic carbocycles. The molecular formula is C17H19N5O5. The van der Waals surface area contributed by atoms with Crippen LogP contribution < -0.4 is 9.64 Å². The first kappa shape index (κ1) is 18.4. The normalized spacial score (nSPS) is 15.6. The van der Waals surface area contributed by atoms with Gasteiger partial charge in [-0.1, -0.05) is 12.1 Å². The number of amides is 2. The molecular weight excluding hydrogens is 354 g/mol. The number of aromatic nitrogens is 2. The Hall–Kier alpha value is -3.43. The molecule has 0 unspecified atom stereocenters. The van der Waals surface area contributed by atoms with E-state index in [1.165, 1.54) is 26.9 Å². The zero-order chi connectivity index (χ0) is 19.6. The Morgan fingerprint density at radius 1 is 1.37 bits per heavy atom. The van der Waals surface area contributed by atoms with Crippen LogP contribution in [0.1, 0.15) is 6.42 Å². The van der Waals surface area contributed by atoms with E-state index in [2.05, 4.69) is 4.98 Å². The van der Waals surface area contributed by atoms with E-state index in [0.717, 1.165) is 0 Å². The van der Waals surface area contributed by atoms with Gasteiger partial charge in [-0.15, -0.1) is 0 Å². The molecule has 3 rings (SSSR count). The Kier molecular flexibility index (Phi) is 5.06. The molecule has 1 atom stereocenters. The summed E-state index contributed by atoms with van der Waals surface area (Å²) < 4.78 is 7.24. The first-order chi connectivity index (χ1) is 12.9. The van der Waals surface area contributed by atoms with Crippen LogP contribution in [0.2, 0.25) is 0 Å². The van der Waals surface area contributed by atoms with E-state index in [4.69, 9.17) is 4.74 Å². The number of carbonyl (C=O) groups is 2. The predicted molar refractivity (Wildman–Crippen MR) is 95.4 cm³/mol. The number of ether oxygens (including phenoxy) is 1. The molecule has 0 saturated heterocycles. The Bertz CT molecular complexity index is 878. The van der Waals surface area contributed by atoms with Crippen molar-refractivity contribution < 1.29 is 19.2 Å². The van der Waals surface area contributed by atoms with Gasteiger partial charge in [-0.25, -0.2) is 0 Å². The molecule has 0 spiro atoms. The molecule has 27 heavy (non-hydrogen) atoms. The zero-order valence-corrected chi connectivity index (χ0v) is 14.9. The average Bonchev–Trinajstić information content (AvgIpc) is 3.14. The lowest BCUT2D eigenvalue weighted by molar-refractivity contribution is -0.389.